The number of pyridine rings is 1. The highest BCUT2D eigenvalue weighted by Crippen LogP contribution is 2.17. The first kappa shape index (κ1) is 11.5. The number of fused-ring (bicyclic) bond motifs is 1. The van der Waals surface area contributed by atoms with Crippen LogP contribution in [0.3, 0.4) is 0 Å². The SMILES string of the molecule is c1ccc2nc(NC3CCCNCC3)ccc2c1. The molecule has 1 atom stereocenters. The van der Waals surface area contributed by atoms with Crippen molar-refractivity contribution in [3.8, 4) is 0 Å². The predicted molar refractivity (Wildman–Crippen MR) is 75.9 cm³/mol. The molecule has 0 spiro atoms. The van der Waals surface area contributed by atoms with Crippen LogP contribution < -0.4 is 10.6 Å². The number of rotatable bonds is 2. The maximum atomic E-state index is 4.67. The van der Waals surface area contributed by atoms with Crippen molar-refractivity contribution in [3.05, 3.63) is 36.4 Å². The number of hydrogen-bond donors (Lipinski definition) is 2. The number of hydrogen-bond acceptors (Lipinski definition) is 3. The molecule has 0 bridgehead atoms. The summed E-state index contributed by atoms with van der Waals surface area (Å²) in [5.41, 5.74) is 1.06. The maximum Gasteiger partial charge on any atom is 0.126 e. The minimum atomic E-state index is 0.550. The molecule has 1 aliphatic rings. The van der Waals surface area contributed by atoms with E-state index < -0.39 is 0 Å². The van der Waals surface area contributed by atoms with Crippen LogP contribution in [0.4, 0.5) is 5.82 Å². The molecule has 1 unspecified atom stereocenters. The average Bonchev–Trinajstić information content (AvgIpc) is 2.67. The average molecular weight is 241 g/mol. The number of para-hydroxylation sites is 1. The zero-order chi connectivity index (χ0) is 12.2. The minimum Gasteiger partial charge on any atom is -0.367 e. The van der Waals surface area contributed by atoms with Crippen molar-refractivity contribution >= 4 is 16.7 Å². The summed E-state index contributed by atoms with van der Waals surface area (Å²) >= 11 is 0. The van der Waals surface area contributed by atoms with Gasteiger partial charge in [-0.05, 0) is 50.6 Å². The molecule has 1 fully saturated rings. The fourth-order valence-corrected chi connectivity index (χ4v) is 2.52. The van der Waals surface area contributed by atoms with Crippen molar-refractivity contribution in [2.24, 2.45) is 0 Å². The largest absolute Gasteiger partial charge is 0.367 e. The van der Waals surface area contributed by atoms with Crippen LogP contribution in [0, 0.1) is 0 Å². The quantitative estimate of drug-likeness (QED) is 0.849. The summed E-state index contributed by atoms with van der Waals surface area (Å²) in [6.45, 7) is 2.24. The minimum absolute atomic E-state index is 0.550. The van der Waals surface area contributed by atoms with Gasteiger partial charge in [-0.1, -0.05) is 18.2 Å². The van der Waals surface area contributed by atoms with Gasteiger partial charge in [0, 0.05) is 11.4 Å². The Morgan fingerprint density at radius 3 is 3.00 bits per heavy atom. The van der Waals surface area contributed by atoms with E-state index in [9.17, 15) is 0 Å². The summed E-state index contributed by atoms with van der Waals surface area (Å²) in [5, 5.41) is 8.19. The van der Waals surface area contributed by atoms with E-state index in [1.54, 1.807) is 0 Å². The Kier molecular flexibility index (Phi) is 3.42. The van der Waals surface area contributed by atoms with Gasteiger partial charge < -0.3 is 10.6 Å². The van der Waals surface area contributed by atoms with Gasteiger partial charge >= 0.3 is 0 Å². The van der Waals surface area contributed by atoms with Gasteiger partial charge in [-0.15, -0.1) is 0 Å². The molecule has 0 amide bonds. The number of aromatic nitrogens is 1. The summed E-state index contributed by atoms with van der Waals surface area (Å²) in [7, 11) is 0. The molecule has 94 valence electrons. The van der Waals surface area contributed by atoms with Crippen LogP contribution in [-0.4, -0.2) is 24.1 Å². The molecule has 1 aliphatic heterocycles. The predicted octanol–water partition coefficient (Wildman–Crippen LogP) is 2.79. The fourth-order valence-electron chi connectivity index (χ4n) is 2.52. The third-order valence-corrected chi connectivity index (χ3v) is 3.53. The first-order chi connectivity index (χ1) is 8.92. The lowest BCUT2D eigenvalue weighted by atomic mass is 10.1. The van der Waals surface area contributed by atoms with Gasteiger partial charge in [0.05, 0.1) is 5.52 Å². The van der Waals surface area contributed by atoms with Crippen LogP contribution in [0.1, 0.15) is 19.3 Å². The molecule has 1 aromatic carbocycles. The smallest absolute Gasteiger partial charge is 0.126 e. The Bertz CT molecular complexity index is 516. The second-order valence-corrected chi connectivity index (χ2v) is 4.91. The van der Waals surface area contributed by atoms with Gasteiger partial charge in [-0.3, -0.25) is 0 Å². The molecule has 2 aromatic rings. The van der Waals surface area contributed by atoms with E-state index in [-0.39, 0.29) is 0 Å². The van der Waals surface area contributed by atoms with Crippen LogP contribution in [-0.2, 0) is 0 Å². The summed E-state index contributed by atoms with van der Waals surface area (Å²) < 4.78 is 0. The van der Waals surface area contributed by atoms with E-state index in [4.69, 9.17) is 0 Å². The Morgan fingerprint density at radius 2 is 2.00 bits per heavy atom. The molecule has 2 heterocycles. The second kappa shape index (κ2) is 5.36. The zero-order valence-electron chi connectivity index (χ0n) is 10.5. The molecule has 3 nitrogen and oxygen atoms in total. The molecule has 0 saturated carbocycles. The summed E-state index contributed by atoms with van der Waals surface area (Å²) in [6, 6.07) is 13.0. The number of nitrogens with zero attached hydrogens (tertiary/aromatic N) is 1. The lowest BCUT2D eigenvalue weighted by Crippen LogP contribution is -2.21. The molecule has 0 aliphatic carbocycles. The second-order valence-electron chi connectivity index (χ2n) is 4.91. The van der Waals surface area contributed by atoms with Crippen molar-refractivity contribution in [3.63, 3.8) is 0 Å². The van der Waals surface area contributed by atoms with Crippen molar-refractivity contribution in [2.75, 3.05) is 18.4 Å². The van der Waals surface area contributed by atoms with Crippen LogP contribution >= 0.6 is 0 Å². The Labute approximate surface area is 108 Å². The monoisotopic (exact) mass is 241 g/mol. The van der Waals surface area contributed by atoms with Gasteiger partial charge in [0.2, 0.25) is 0 Å². The normalized spacial score (nSPS) is 20.6. The first-order valence-electron chi connectivity index (χ1n) is 6.75. The van der Waals surface area contributed by atoms with Crippen LogP contribution in [0.15, 0.2) is 36.4 Å². The van der Waals surface area contributed by atoms with E-state index in [1.807, 2.05) is 12.1 Å². The molecule has 3 rings (SSSR count). The van der Waals surface area contributed by atoms with Crippen molar-refractivity contribution in [2.45, 2.75) is 25.3 Å². The van der Waals surface area contributed by atoms with Gasteiger partial charge in [-0.2, -0.15) is 0 Å². The van der Waals surface area contributed by atoms with E-state index in [0.29, 0.717) is 6.04 Å². The first-order valence-corrected chi connectivity index (χ1v) is 6.75. The van der Waals surface area contributed by atoms with Crippen LogP contribution in [0.25, 0.3) is 10.9 Å². The lowest BCUT2D eigenvalue weighted by Gasteiger charge is -2.16. The molecule has 1 aromatic heterocycles. The third kappa shape index (κ3) is 2.62. The Balaban J connectivity index is 1.77. The highest BCUT2D eigenvalue weighted by atomic mass is 15.0. The highest BCUT2D eigenvalue weighted by Gasteiger charge is 2.11. The molecular formula is C15H19N3. The molecule has 3 heteroatoms. The van der Waals surface area contributed by atoms with Crippen molar-refractivity contribution in [1.29, 1.82) is 0 Å². The number of anilines is 1. The van der Waals surface area contributed by atoms with E-state index in [1.165, 1.54) is 24.6 Å². The van der Waals surface area contributed by atoms with E-state index >= 15 is 0 Å². The molecule has 18 heavy (non-hydrogen) atoms. The van der Waals surface area contributed by atoms with Gasteiger partial charge in [-0.25, -0.2) is 4.98 Å². The molecular weight excluding hydrogens is 222 g/mol. The standard InChI is InChI=1S/C15H19N3/c1-2-6-14-12(4-1)7-8-15(18-14)17-13-5-3-10-16-11-9-13/h1-2,4,6-8,13,16H,3,5,9-11H2,(H,17,18). The lowest BCUT2D eigenvalue weighted by molar-refractivity contribution is 0.635. The summed E-state index contributed by atoms with van der Waals surface area (Å²) in [6.07, 6.45) is 3.64. The molecule has 0 radical (unpaired) electrons. The highest BCUT2D eigenvalue weighted by molar-refractivity contribution is 5.80. The zero-order valence-corrected chi connectivity index (χ0v) is 10.5. The van der Waals surface area contributed by atoms with Gasteiger partial charge in [0.15, 0.2) is 0 Å². The van der Waals surface area contributed by atoms with Gasteiger partial charge in [0.25, 0.3) is 0 Å². The fraction of sp³-hybridized carbons (Fsp3) is 0.400. The van der Waals surface area contributed by atoms with Crippen LogP contribution in [0.2, 0.25) is 0 Å². The third-order valence-electron chi connectivity index (χ3n) is 3.53. The van der Waals surface area contributed by atoms with E-state index in [2.05, 4.69) is 39.9 Å². The number of benzene rings is 1. The van der Waals surface area contributed by atoms with Gasteiger partial charge in [0.1, 0.15) is 5.82 Å². The molecule has 2 N–H and O–H groups in total. The molecule has 1 saturated heterocycles. The Hall–Kier alpha value is -1.61. The van der Waals surface area contributed by atoms with E-state index in [0.717, 1.165) is 24.4 Å². The summed E-state index contributed by atoms with van der Waals surface area (Å²) in [5.74, 6) is 1.00. The Morgan fingerprint density at radius 1 is 1.06 bits per heavy atom. The van der Waals surface area contributed by atoms with Crippen molar-refractivity contribution in [1.82, 2.24) is 10.3 Å². The summed E-state index contributed by atoms with van der Waals surface area (Å²) in [4.78, 5) is 4.67. The van der Waals surface area contributed by atoms with Crippen molar-refractivity contribution < 1.29 is 0 Å². The maximum absolute atomic E-state index is 4.67. The number of nitrogens with one attached hydrogen (secondary N) is 2. The van der Waals surface area contributed by atoms with Crippen LogP contribution in [0.5, 0.6) is 0 Å². The topological polar surface area (TPSA) is 37.0 Å².